The van der Waals surface area contributed by atoms with E-state index >= 15 is 0 Å². The summed E-state index contributed by atoms with van der Waals surface area (Å²) in [6.07, 6.45) is 4.07. The third kappa shape index (κ3) is 2.28. The number of hydrogen-bond acceptors (Lipinski definition) is 3. The lowest BCUT2D eigenvalue weighted by Crippen LogP contribution is -2.13. The molecule has 2 unspecified atom stereocenters. The minimum Gasteiger partial charge on any atom is -0.396 e. The molecule has 1 saturated heterocycles. The van der Waals surface area contributed by atoms with Gasteiger partial charge in [0.15, 0.2) is 0 Å². The van der Waals surface area contributed by atoms with Gasteiger partial charge in [0.05, 0.1) is 6.61 Å². The number of aliphatic hydroxyl groups excluding tert-OH is 1. The Morgan fingerprint density at radius 1 is 1.69 bits per heavy atom. The average Bonchev–Trinajstić information content (AvgIpc) is 2.89. The van der Waals surface area contributed by atoms with Crippen molar-refractivity contribution in [3.8, 4) is 0 Å². The fraction of sp³-hybridized carbons (Fsp3) is 0.750. The van der Waals surface area contributed by atoms with Crippen molar-refractivity contribution >= 4 is 0 Å². The highest BCUT2D eigenvalue weighted by Crippen LogP contribution is 2.26. The van der Waals surface area contributed by atoms with Crippen LogP contribution < -0.4 is 0 Å². The Kier molecular flexibility index (Phi) is 3.61. The maximum atomic E-state index is 9.23. The Labute approximate surface area is 96.7 Å². The van der Waals surface area contributed by atoms with Crippen LogP contribution in [0.2, 0.25) is 0 Å². The molecule has 16 heavy (non-hydrogen) atoms. The van der Waals surface area contributed by atoms with Gasteiger partial charge in [-0.25, -0.2) is 4.98 Å². The largest absolute Gasteiger partial charge is 0.396 e. The quantitative estimate of drug-likeness (QED) is 0.809. The molecule has 2 N–H and O–H groups in total. The van der Waals surface area contributed by atoms with Gasteiger partial charge in [0.1, 0.15) is 5.82 Å². The minimum atomic E-state index is 0.160. The number of likely N-dealkylation sites (tertiary alicyclic amines) is 1. The number of nitrogens with zero attached hydrogens (tertiary/aromatic N) is 2. The number of likely N-dealkylation sites (N-methyl/N-ethyl adjacent to an activating group) is 1. The first-order valence-corrected chi connectivity index (χ1v) is 6.08. The Hall–Kier alpha value is -0.870. The number of hydrogen-bond donors (Lipinski definition) is 2. The third-order valence-electron chi connectivity index (χ3n) is 3.55. The lowest BCUT2D eigenvalue weighted by atomic mass is 10.1. The average molecular weight is 223 g/mol. The zero-order chi connectivity index (χ0) is 11.5. The van der Waals surface area contributed by atoms with E-state index in [0.29, 0.717) is 5.92 Å². The number of nitrogens with one attached hydrogen (secondary N) is 1. The number of aromatic amines is 1. The second-order valence-electron chi connectivity index (χ2n) is 4.76. The van der Waals surface area contributed by atoms with Crippen LogP contribution in [0, 0.1) is 0 Å². The van der Waals surface area contributed by atoms with Crippen LogP contribution in [0.3, 0.4) is 0 Å². The molecule has 90 valence electrons. The van der Waals surface area contributed by atoms with E-state index in [1.54, 1.807) is 0 Å². The molecule has 2 rings (SSSR count). The van der Waals surface area contributed by atoms with E-state index in [1.807, 2.05) is 6.20 Å². The van der Waals surface area contributed by atoms with Crippen molar-refractivity contribution < 1.29 is 5.11 Å². The molecule has 2 heterocycles. The van der Waals surface area contributed by atoms with Gasteiger partial charge in [-0.2, -0.15) is 0 Å². The minimum absolute atomic E-state index is 0.160. The van der Waals surface area contributed by atoms with Crippen molar-refractivity contribution in [3.05, 3.63) is 17.7 Å². The van der Waals surface area contributed by atoms with E-state index in [0.717, 1.165) is 25.3 Å². The van der Waals surface area contributed by atoms with Crippen molar-refractivity contribution in [3.63, 3.8) is 0 Å². The molecule has 1 aromatic rings. The molecule has 0 aromatic carbocycles. The fourth-order valence-corrected chi connectivity index (χ4v) is 2.36. The van der Waals surface area contributed by atoms with Crippen LogP contribution in [0.4, 0.5) is 0 Å². The van der Waals surface area contributed by atoms with Crippen molar-refractivity contribution in [2.24, 2.45) is 0 Å². The van der Waals surface area contributed by atoms with E-state index in [9.17, 15) is 5.11 Å². The Balaban J connectivity index is 2.07. The van der Waals surface area contributed by atoms with E-state index < -0.39 is 0 Å². The van der Waals surface area contributed by atoms with Crippen molar-refractivity contribution in [2.45, 2.75) is 31.6 Å². The number of aromatic nitrogens is 2. The zero-order valence-corrected chi connectivity index (χ0v) is 10.1. The molecule has 4 heteroatoms. The standard InChI is InChI=1S/C12H21N3O/c1-3-9(8-16)12-13-6-11(14-12)10-4-5-15(2)7-10/h6,9-10,16H,3-5,7-8H2,1-2H3,(H,13,14). The van der Waals surface area contributed by atoms with Gasteiger partial charge in [0, 0.05) is 30.3 Å². The predicted octanol–water partition coefficient (Wildman–Crippen LogP) is 1.31. The van der Waals surface area contributed by atoms with Crippen molar-refractivity contribution in [2.75, 3.05) is 26.7 Å². The number of H-pyrrole nitrogens is 1. The molecular weight excluding hydrogens is 202 g/mol. The summed E-state index contributed by atoms with van der Waals surface area (Å²) in [7, 11) is 2.15. The summed E-state index contributed by atoms with van der Waals surface area (Å²) in [6.45, 7) is 4.52. The normalized spacial score (nSPS) is 23.8. The van der Waals surface area contributed by atoms with Crippen LogP contribution in [-0.2, 0) is 0 Å². The molecule has 0 bridgehead atoms. The molecule has 0 radical (unpaired) electrons. The molecule has 1 fully saturated rings. The van der Waals surface area contributed by atoms with Gasteiger partial charge in [-0.05, 0) is 26.4 Å². The number of imidazole rings is 1. The first-order chi connectivity index (χ1) is 7.74. The summed E-state index contributed by atoms with van der Waals surface area (Å²) in [5.74, 6) is 1.69. The van der Waals surface area contributed by atoms with Crippen LogP contribution in [0.25, 0.3) is 0 Å². The number of aliphatic hydroxyl groups is 1. The summed E-state index contributed by atoms with van der Waals surface area (Å²) < 4.78 is 0. The molecule has 1 aliphatic rings. The van der Waals surface area contributed by atoms with E-state index in [-0.39, 0.29) is 12.5 Å². The van der Waals surface area contributed by atoms with E-state index in [1.165, 1.54) is 12.1 Å². The molecule has 4 nitrogen and oxygen atoms in total. The lowest BCUT2D eigenvalue weighted by Gasteiger charge is -2.09. The molecule has 1 aliphatic heterocycles. The summed E-state index contributed by atoms with van der Waals surface area (Å²) in [5, 5.41) is 9.23. The van der Waals surface area contributed by atoms with Gasteiger partial charge in [-0.1, -0.05) is 6.92 Å². The number of rotatable bonds is 4. The lowest BCUT2D eigenvalue weighted by molar-refractivity contribution is 0.258. The van der Waals surface area contributed by atoms with Crippen LogP contribution >= 0.6 is 0 Å². The highest BCUT2D eigenvalue weighted by Gasteiger charge is 2.23. The molecule has 1 aromatic heterocycles. The second-order valence-corrected chi connectivity index (χ2v) is 4.76. The predicted molar refractivity (Wildman–Crippen MR) is 63.6 cm³/mol. The highest BCUT2D eigenvalue weighted by atomic mass is 16.3. The molecular formula is C12H21N3O. The van der Waals surface area contributed by atoms with Gasteiger partial charge < -0.3 is 15.0 Å². The van der Waals surface area contributed by atoms with Gasteiger partial charge in [-0.15, -0.1) is 0 Å². The second kappa shape index (κ2) is 4.97. The summed E-state index contributed by atoms with van der Waals surface area (Å²) >= 11 is 0. The molecule has 0 spiro atoms. The Morgan fingerprint density at radius 2 is 2.50 bits per heavy atom. The molecule has 0 aliphatic carbocycles. The first-order valence-electron chi connectivity index (χ1n) is 6.08. The molecule has 2 atom stereocenters. The zero-order valence-electron chi connectivity index (χ0n) is 10.1. The van der Waals surface area contributed by atoms with E-state index in [2.05, 4.69) is 28.8 Å². The van der Waals surface area contributed by atoms with Gasteiger partial charge >= 0.3 is 0 Å². The van der Waals surface area contributed by atoms with Crippen LogP contribution in [0.5, 0.6) is 0 Å². The summed E-state index contributed by atoms with van der Waals surface area (Å²) in [4.78, 5) is 10.1. The van der Waals surface area contributed by atoms with Gasteiger partial charge in [0.2, 0.25) is 0 Å². The fourth-order valence-electron chi connectivity index (χ4n) is 2.36. The van der Waals surface area contributed by atoms with Crippen molar-refractivity contribution in [1.29, 1.82) is 0 Å². The third-order valence-corrected chi connectivity index (χ3v) is 3.55. The maximum Gasteiger partial charge on any atom is 0.111 e. The first kappa shape index (κ1) is 11.6. The summed E-state index contributed by atoms with van der Waals surface area (Å²) in [5.41, 5.74) is 1.23. The topological polar surface area (TPSA) is 52.2 Å². The molecule has 0 saturated carbocycles. The van der Waals surface area contributed by atoms with Crippen LogP contribution in [-0.4, -0.2) is 46.7 Å². The molecule has 0 amide bonds. The SMILES string of the molecule is CCC(CO)c1ncc(C2CCN(C)C2)[nH]1. The van der Waals surface area contributed by atoms with Gasteiger partial charge in [0.25, 0.3) is 0 Å². The Bertz CT molecular complexity index is 333. The van der Waals surface area contributed by atoms with Crippen LogP contribution in [0.15, 0.2) is 6.20 Å². The smallest absolute Gasteiger partial charge is 0.111 e. The van der Waals surface area contributed by atoms with E-state index in [4.69, 9.17) is 0 Å². The maximum absolute atomic E-state index is 9.23. The Morgan fingerprint density at radius 3 is 3.06 bits per heavy atom. The van der Waals surface area contributed by atoms with Crippen LogP contribution in [0.1, 0.15) is 43.1 Å². The van der Waals surface area contributed by atoms with Crippen molar-refractivity contribution in [1.82, 2.24) is 14.9 Å². The summed E-state index contributed by atoms with van der Waals surface area (Å²) in [6, 6.07) is 0. The monoisotopic (exact) mass is 223 g/mol. The van der Waals surface area contributed by atoms with Gasteiger partial charge in [-0.3, -0.25) is 0 Å². The highest BCUT2D eigenvalue weighted by molar-refractivity contribution is 5.12.